The molecule has 6 rings (SSSR count). The van der Waals surface area contributed by atoms with E-state index >= 15 is 0 Å². The van der Waals surface area contributed by atoms with Crippen molar-refractivity contribution in [2.24, 2.45) is 54.1 Å². The minimum atomic E-state index is -1.93. The monoisotopic (exact) mass is 1690 g/mol. The summed E-state index contributed by atoms with van der Waals surface area (Å²) in [6.07, 6.45) is 1.29. The van der Waals surface area contributed by atoms with Gasteiger partial charge in [-0.1, -0.05) is 456 Å². The molecule has 1 aliphatic heterocycles. The average Bonchev–Trinajstić information content (AvgIpc) is 1.54. The minimum Gasteiger partial charge on any atom is -0.370 e. The number of hydrogen-bond acceptors (Lipinski definition) is 2. The molecule has 4 aromatic carbocycles. The van der Waals surface area contributed by atoms with Gasteiger partial charge in [-0.05, 0) is 236 Å². The van der Waals surface area contributed by atoms with E-state index in [1.807, 2.05) is 48.5 Å². The van der Waals surface area contributed by atoms with Crippen molar-refractivity contribution in [2.45, 2.75) is 518 Å². The van der Waals surface area contributed by atoms with E-state index in [0.29, 0.717) is 47.2 Å². The molecule has 118 heavy (non-hydrogen) atoms. The molecule has 2 aliphatic rings. The number of rotatable bonds is 2. The third-order valence-corrected chi connectivity index (χ3v) is 52.0. The Hall–Kier alpha value is -2.55. The Morgan fingerprint density at radius 3 is 0.669 bits per heavy atom. The lowest BCUT2D eigenvalue weighted by atomic mass is 9.50. The van der Waals surface area contributed by atoms with E-state index in [1.165, 1.54) is 39.8 Å². The van der Waals surface area contributed by atoms with Crippen LogP contribution in [-0.2, 0) is 10.2 Å². The number of hydrogen-bond donors (Lipinski definition) is 0. The van der Waals surface area contributed by atoms with E-state index in [0.717, 1.165) is 11.1 Å². The molecule has 0 saturated heterocycles. The standard InChI is InChI=1S/C21H26.C20H26Si.C14H32Si.2C11H24.C10H24Si.C9H21N.C9H20.C8H18O/c2*1-19(2,3)21(20(4,5)6)17-13-9-7-11-15(17)16-12-8-10-14-18(16)21;1-11(2)15(12(3)4,13(5,6)7)14(8,9)10;3*1-9(2,3)11(7,8)10(4,5)6;1-8(2,3)10(7)9(4,5)6;1-8(2,3)7-9(4,5)6;1-7(2,3)9-8(4,5)6/h2*7-14H,1-6H3;11-12H,1-10H3;3*1-8H3;1-7H3;7H2,1-6H3;1-6H3/i;;;7D3;;;;;. The first-order chi connectivity index (χ1) is 52.1. The van der Waals surface area contributed by atoms with Crippen molar-refractivity contribution in [3.8, 4) is 22.3 Å². The molecule has 0 radical (unpaired) electrons. The summed E-state index contributed by atoms with van der Waals surface area (Å²) in [5.41, 5.74) is 12.2. The first kappa shape index (κ1) is 113. The van der Waals surface area contributed by atoms with Crippen LogP contribution >= 0.6 is 0 Å². The van der Waals surface area contributed by atoms with Gasteiger partial charge in [0, 0.05) is 20.6 Å². The molecule has 0 fully saturated rings. The summed E-state index contributed by atoms with van der Waals surface area (Å²) >= 11 is 0. The van der Waals surface area contributed by atoms with Crippen molar-refractivity contribution < 1.29 is 8.85 Å². The molecule has 0 aromatic heterocycles. The molecule has 4 aromatic rings. The van der Waals surface area contributed by atoms with E-state index in [9.17, 15) is 0 Å². The summed E-state index contributed by atoms with van der Waals surface area (Å²) in [5.74, 6) is 0. The summed E-state index contributed by atoms with van der Waals surface area (Å²) < 4.78 is 28.8. The van der Waals surface area contributed by atoms with E-state index in [2.05, 4.69) is 496 Å². The summed E-state index contributed by atoms with van der Waals surface area (Å²) in [4.78, 5) is 2.38. The third kappa shape index (κ3) is 30.3. The quantitative estimate of drug-likeness (QED) is 0.186. The second-order valence-corrected chi connectivity index (χ2v) is 75.6. The van der Waals surface area contributed by atoms with Crippen molar-refractivity contribution in [1.29, 1.82) is 0 Å². The number of ether oxygens (including phenoxy) is 1. The molecule has 0 amide bonds. The van der Waals surface area contributed by atoms with Gasteiger partial charge in [-0.15, -0.1) is 0 Å². The smallest absolute Gasteiger partial charge is 0.130 e. The van der Waals surface area contributed by atoms with Gasteiger partial charge in [-0.25, -0.2) is 0 Å². The van der Waals surface area contributed by atoms with Gasteiger partial charge in [0.15, 0.2) is 0 Å². The van der Waals surface area contributed by atoms with Gasteiger partial charge in [0.2, 0.25) is 0 Å². The highest BCUT2D eigenvalue weighted by atomic mass is 28.3. The van der Waals surface area contributed by atoms with Crippen LogP contribution in [0.25, 0.3) is 22.3 Å². The van der Waals surface area contributed by atoms with Crippen LogP contribution in [0.5, 0.6) is 0 Å². The van der Waals surface area contributed by atoms with Crippen LogP contribution in [0.2, 0.25) is 54.4 Å². The maximum atomic E-state index is 7.73. The molecule has 0 spiro atoms. The first-order valence-electron chi connectivity index (χ1n) is 48.0. The Balaban J connectivity index is -0.00000132. The zero-order chi connectivity index (χ0) is 98.6. The maximum Gasteiger partial charge on any atom is 0.130 e. The predicted molar refractivity (Wildman–Crippen MR) is 557 cm³/mol. The Bertz CT molecular complexity index is 3300. The van der Waals surface area contributed by atoms with Gasteiger partial charge in [0.25, 0.3) is 0 Å². The van der Waals surface area contributed by atoms with E-state index in [-0.39, 0.29) is 59.4 Å². The van der Waals surface area contributed by atoms with Crippen molar-refractivity contribution in [1.82, 2.24) is 4.90 Å². The summed E-state index contributed by atoms with van der Waals surface area (Å²) in [6, 6.07) is 36.2. The first-order valence-corrected chi connectivity index (χ1v) is 53.6. The van der Waals surface area contributed by atoms with Gasteiger partial charge >= 0.3 is 0 Å². The fraction of sp³-hybridized carbons (Fsp3) is 0.788. The van der Waals surface area contributed by atoms with Gasteiger partial charge in [0.05, 0.1) is 27.3 Å². The highest BCUT2D eigenvalue weighted by Gasteiger charge is 2.61. The Labute approximate surface area is 752 Å². The van der Waals surface area contributed by atoms with Crippen molar-refractivity contribution in [2.75, 3.05) is 7.05 Å². The average molecular weight is 1690 g/mol. The second kappa shape index (κ2) is 39.8. The van der Waals surface area contributed by atoms with Crippen LogP contribution in [0.15, 0.2) is 97.1 Å². The lowest BCUT2D eigenvalue weighted by molar-refractivity contribution is -0.102. The molecule has 0 N–H and O–H groups in total. The predicted octanol–water partition coefficient (Wildman–Crippen LogP) is 37.8. The Morgan fingerprint density at radius 1 is 0.331 bits per heavy atom. The second-order valence-electron chi connectivity index (χ2n) is 56.8. The molecule has 690 valence electrons. The number of fused-ring (bicyclic) bond motifs is 6. The SMILES string of the molecule is CC(C)(C)C(C)(C)C(C)(C)C.CC(C)(C)C1(C(C)(C)C)c2ccccc2-c2ccccc21.CC(C)(C)CC(C)(C)C.CC(C)(C)OC(C)(C)C.CC(C)(C)[Si](C)(C)C(C)(C)C.CC(C)(C)[Si]1(C(C)(C)C)c2ccccc2-c2ccccc21.CC(C)[Si](C(C)C)(C(C)(C)C)C(C)(C)C.CN(C(C)(C)C)C(C)(C)C.[2H]C([2H])([2H])C(C)(C(C)(C)C)C(C)(C)C. The minimum absolute atomic E-state index is 0.0156. The van der Waals surface area contributed by atoms with Crippen LogP contribution in [0, 0.1) is 54.1 Å². The van der Waals surface area contributed by atoms with Crippen molar-refractivity contribution >= 4 is 34.6 Å². The molecule has 0 unspecified atom stereocenters. The van der Waals surface area contributed by atoms with E-state index in [1.54, 1.807) is 10.4 Å². The van der Waals surface area contributed by atoms with Crippen LogP contribution in [-0.4, -0.2) is 58.4 Å². The molecular formula is C113H215NOSi3. The molecule has 1 heterocycles. The fourth-order valence-corrected chi connectivity index (χ4v) is 42.6. The Morgan fingerprint density at radius 2 is 0.559 bits per heavy atom. The van der Waals surface area contributed by atoms with Crippen LogP contribution in [0.1, 0.15) is 451 Å². The zero-order valence-corrected chi connectivity index (χ0v) is 95.5. The molecule has 2 nitrogen and oxygen atoms in total. The third-order valence-electron chi connectivity index (χ3n) is 28.9. The maximum absolute atomic E-state index is 7.73. The zero-order valence-electron chi connectivity index (χ0n) is 95.5. The normalized spacial score (nSPS) is 15.9. The molecular weight excluding hydrogens is 1470 g/mol. The van der Waals surface area contributed by atoms with E-state index in [4.69, 9.17) is 8.85 Å². The number of benzene rings is 4. The van der Waals surface area contributed by atoms with Crippen molar-refractivity contribution in [3.05, 3.63) is 108 Å². The fourth-order valence-electron chi connectivity index (χ4n) is 22.1. The highest BCUT2D eigenvalue weighted by Crippen LogP contribution is 2.66. The molecule has 0 bridgehead atoms. The number of nitrogens with zero attached hydrogens (tertiary/aromatic N) is 1. The highest BCUT2D eigenvalue weighted by molar-refractivity contribution is 7.09. The molecule has 1 aliphatic carbocycles. The molecule has 0 saturated carbocycles. The molecule has 5 heteroatoms. The summed E-state index contributed by atoms with van der Waals surface area (Å²) in [5, 5.41) is 5.83. The van der Waals surface area contributed by atoms with Gasteiger partial charge in [-0.2, -0.15) is 0 Å². The topological polar surface area (TPSA) is 12.5 Å². The van der Waals surface area contributed by atoms with Crippen molar-refractivity contribution in [3.63, 3.8) is 0 Å². The van der Waals surface area contributed by atoms with Crippen LogP contribution < -0.4 is 10.4 Å². The summed E-state index contributed by atoms with van der Waals surface area (Å²) in [7, 11) is -2.17. The molecule has 0 atom stereocenters. The lowest BCUT2D eigenvalue weighted by Gasteiger charge is -2.57. The van der Waals surface area contributed by atoms with E-state index < -0.39 is 36.5 Å². The van der Waals surface area contributed by atoms with Gasteiger partial charge in [-0.3, -0.25) is 4.90 Å². The Kier molecular flexibility index (Phi) is 38.2. The van der Waals surface area contributed by atoms with Gasteiger partial charge in [0.1, 0.15) is 8.07 Å². The van der Waals surface area contributed by atoms with Crippen LogP contribution in [0.4, 0.5) is 0 Å². The van der Waals surface area contributed by atoms with Gasteiger partial charge < -0.3 is 4.74 Å². The summed E-state index contributed by atoms with van der Waals surface area (Å²) in [6.45, 7) is 143. The lowest BCUT2D eigenvalue weighted by Crippen LogP contribution is -2.67. The largest absolute Gasteiger partial charge is 0.370 e. The van der Waals surface area contributed by atoms with Crippen LogP contribution in [0.3, 0.4) is 0 Å².